The van der Waals surface area contributed by atoms with Gasteiger partial charge in [0.05, 0.1) is 11.2 Å². The molecule has 14 heavy (non-hydrogen) atoms. The first-order valence-corrected chi connectivity index (χ1v) is 5.03. The van der Waals surface area contributed by atoms with Gasteiger partial charge in [0.15, 0.2) is 5.15 Å². The Hall–Kier alpha value is -0.710. The molecule has 0 bridgehead atoms. The molecule has 5 heteroatoms. The molecule has 1 aliphatic rings. The summed E-state index contributed by atoms with van der Waals surface area (Å²) in [7, 11) is 0. The Bertz CT molecular complexity index is 322. The SMILES string of the molecule is CC1(c2nccnc2Cl)CNCCN1. The summed E-state index contributed by atoms with van der Waals surface area (Å²) in [5.74, 6) is 0. The molecule has 0 aromatic carbocycles. The summed E-state index contributed by atoms with van der Waals surface area (Å²) in [5.41, 5.74) is 0.609. The van der Waals surface area contributed by atoms with Crippen molar-refractivity contribution in [1.82, 2.24) is 20.6 Å². The number of halogens is 1. The number of hydrogen-bond donors (Lipinski definition) is 2. The van der Waals surface area contributed by atoms with Gasteiger partial charge in [-0.1, -0.05) is 11.6 Å². The average Bonchev–Trinajstić information content (AvgIpc) is 2.19. The van der Waals surface area contributed by atoms with Crippen LogP contribution in [0.5, 0.6) is 0 Å². The monoisotopic (exact) mass is 212 g/mol. The lowest BCUT2D eigenvalue weighted by Gasteiger charge is -2.35. The lowest BCUT2D eigenvalue weighted by Crippen LogP contribution is -2.55. The van der Waals surface area contributed by atoms with E-state index < -0.39 is 0 Å². The van der Waals surface area contributed by atoms with E-state index >= 15 is 0 Å². The van der Waals surface area contributed by atoms with Crippen LogP contribution in [0, 0.1) is 0 Å². The summed E-state index contributed by atoms with van der Waals surface area (Å²) in [6.07, 6.45) is 3.27. The smallest absolute Gasteiger partial charge is 0.152 e. The molecule has 2 rings (SSSR count). The third kappa shape index (κ3) is 1.73. The second kappa shape index (κ2) is 3.81. The molecule has 0 saturated carbocycles. The van der Waals surface area contributed by atoms with Crippen molar-refractivity contribution < 1.29 is 0 Å². The molecule has 0 radical (unpaired) electrons. The van der Waals surface area contributed by atoms with Crippen molar-refractivity contribution in [3.05, 3.63) is 23.2 Å². The van der Waals surface area contributed by atoms with E-state index in [1.165, 1.54) is 0 Å². The molecule has 76 valence electrons. The molecule has 0 aliphatic carbocycles. The number of nitrogens with one attached hydrogen (secondary N) is 2. The topological polar surface area (TPSA) is 49.8 Å². The number of aromatic nitrogens is 2. The standard InChI is InChI=1S/C9H13ClN4/c1-9(6-11-2-5-14-9)7-8(10)13-4-3-12-7/h3-4,11,14H,2,5-6H2,1H3. The number of nitrogens with zero attached hydrogens (tertiary/aromatic N) is 2. The average molecular weight is 213 g/mol. The second-order valence-electron chi connectivity index (χ2n) is 3.63. The van der Waals surface area contributed by atoms with E-state index in [-0.39, 0.29) is 5.54 Å². The van der Waals surface area contributed by atoms with Gasteiger partial charge in [0.2, 0.25) is 0 Å². The molecule has 4 nitrogen and oxygen atoms in total. The van der Waals surface area contributed by atoms with E-state index in [0.717, 1.165) is 25.3 Å². The van der Waals surface area contributed by atoms with E-state index in [0.29, 0.717) is 5.15 Å². The van der Waals surface area contributed by atoms with Gasteiger partial charge in [0.25, 0.3) is 0 Å². The first-order chi connectivity index (χ1) is 6.72. The third-order valence-electron chi connectivity index (χ3n) is 2.47. The molecular weight excluding hydrogens is 200 g/mol. The van der Waals surface area contributed by atoms with E-state index in [2.05, 4.69) is 27.5 Å². The Balaban J connectivity index is 2.32. The maximum Gasteiger partial charge on any atom is 0.152 e. The fourth-order valence-corrected chi connectivity index (χ4v) is 2.00. The van der Waals surface area contributed by atoms with Crippen molar-refractivity contribution in [2.75, 3.05) is 19.6 Å². The van der Waals surface area contributed by atoms with Crippen molar-refractivity contribution in [1.29, 1.82) is 0 Å². The summed E-state index contributed by atoms with van der Waals surface area (Å²) in [6, 6.07) is 0. The number of hydrogen-bond acceptors (Lipinski definition) is 4. The van der Waals surface area contributed by atoms with Crippen LogP contribution in [0.3, 0.4) is 0 Å². The van der Waals surface area contributed by atoms with Crippen LogP contribution in [-0.2, 0) is 5.54 Å². The Kier molecular flexibility index (Phi) is 2.67. The quantitative estimate of drug-likeness (QED) is 0.714. The zero-order valence-corrected chi connectivity index (χ0v) is 8.80. The largest absolute Gasteiger partial charge is 0.313 e. The predicted octanol–water partition coefficient (Wildman–Crippen LogP) is 0.538. The van der Waals surface area contributed by atoms with Crippen LogP contribution in [0.2, 0.25) is 5.15 Å². The normalized spacial score (nSPS) is 27.6. The van der Waals surface area contributed by atoms with Crippen LogP contribution in [0.25, 0.3) is 0 Å². The van der Waals surface area contributed by atoms with Gasteiger partial charge in [-0.05, 0) is 6.92 Å². The van der Waals surface area contributed by atoms with Gasteiger partial charge in [-0.15, -0.1) is 0 Å². The van der Waals surface area contributed by atoms with Crippen LogP contribution in [-0.4, -0.2) is 29.6 Å². The fourth-order valence-electron chi connectivity index (χ4n) is 1.69. The molecule has 0 amide bonds. The summed E-state index contributed by atoms with van der Waals surface area (Å²) in [5, 5.41) is 7.19. The minimum Gasteiger partial charge on any atom is -0.313 e. The van der Waals surface area contributed by atoms with E-state index in [1.807, 2.05) is 0 Å². The summed E-state index contributed by atoms with van der Waals surface area (Å²) in [6.45, 7) is 4.80. The Morgan fingerprint density at radius 1 is 1.36 bits per heavy atom. The highest BCUT2D eigenvalue weighted by Crippen LogP contribution is 2.24. The predicted molar refractivity (Wildman–Crippen MR) is 55.3 cm³/mol. The van der Waals surface area contributed by atoms with Gasteiger partial charge < -0.3 is 10.6 Å². The van der Waals surface area contributed by atoms with Gasteiger partial charge in [0.1, 0.15) is 0 Å². The Morgan fingerprint density at radius 3 is 2.79 bits per heavy atom. The van der Waals surface area contributed by atoms with Gasteiger partial charge in [-0.2, -0.15) is 0 Å². The highest BCUT2D eigenvalue weighted by atomic mass is 35.5. The maximum atomic E-state index is 6.01. The van der Waals surface area contributed by atoms with Crippen molar-refractivity contribution >= 4 is 11.6 Å². The molecule has 1 aliphatic heterocycles. The summed E-state index contributed by atoms with van der Waals surface area (Å²) in [4.78, 5) is 8.31. The molecule has 1 atom stereocenters. The van der Waals surface area contributed by atoms with Crippen LogP contribution < -0.4 is 10.6 Å². The van der Waals surface area contributed by atoms with E-state index in [9.17, 15) is 0 Å². The minimum atomic E-state index is -0.205. The highest BCUT2D eigenvalue weighted by Gasteiger charge is 2.31. The lowest BCUT2D eigenvalue weighted by atomic mass is 9.96. The van der Waals surface area contributed by atoms with Gasteiger partial charge >= 0.3 is 0 Å². The molecule has 0 spiro atoms. The zero-order valence-electron chi connectivity index (χ0n) is 8.05. The van der Waals surface area contributed by atoms with Gasteiger partial charge in [-0.3, -0.25) is 4.98 Å². The fraction of sp³-hybridized carbons (Fsp3) is 0.556. The van der Waals surface area contributed by atoms with Crippen molar-refractivity contribution in [3.8, 4) is 0 Å². The molecule has 1 fully saturated rings. The molecule has 1 saturated heterocycles. The van der Waals surface area contributed by atoms with E-state index in [4.69, 9.17) is 11.6 Å². The summed E-state index contributed by atoms with van der Waals surface area (Å²) >= 11 is 6.01. The maximum absolute atomic E-state index is 6.01. The van der Waals surface area contributed by atoms with Gasteiger partial charge in [-0.25, -0.2) is 4.98 Å². The first-order valence-electron chi connectivity index (χ1n) is 4.65. The van der Waals surface area contributed by atoms with Crippen LogP contribution in [0.4, 0.5) is 0 Å². The summed E-state index contributed by atoms with van der Waals surface area (Å²) < 4.78 is 0. The molecule has 2 N–H and O–H groups in total. The van der Waals surface area contributed by atoms with Crippen molar-refractivity contribution in [3.63, 3.8) is 0 Å². The van der Waals surface area contributed by atoms with Gasteiger partial charge in [0, 0.05) is 32.0 Å². The second-order valence-corrected chi connectivity index (χ2v) is 3.99. The van der Waals surface area contributed by atoms with E-state index in [1.54, 1.807) is 12.4 Å². The Morgan fingerprint density at radius 2 is 2.14 bits per heavy atom. The van der Waals surface area contributed by atoms with Crippen molar-refractivity contribution in [2.24, 2.45) is 0 Å². The lowest BCUT2D eigenvalue weighted by molar-refractivity contribution is 0.295. The molecule has 1 aromatic heterocycles. The highest BCUT2D eigenvalue weighted by molar-refractivity contribution is 6.30. The zero-order chi connectivity index (χ0) is 10.0. The Labute approximate surface area is 88.1 Å². The van der Waals surface area contributed by atoms with Crippen molar-refractivity contribution in [2.45, 2.75) is 12.5 Å². The molecular formula is C9H13ClN4. The van der Waals surface area contributed by atoms with Crippen LogP contribution in [0.15, 0.2) is 12.4 Å². The molecule has 2 heterocycles. The van der Waals surface area contributed by atoms with Crippen LogP contribution in [0.1, 0.15) is 12.6 Å². The molecule has 1 aromatic rings. The minimum absolute atomic E-state index is 0.205. The van der Waals surface area contributed by atoms with Crippen LogP contribution >= 0.6 is 11.6 Å². The number of rotatable bonds is 1. The number of piperazine rings is 1. The molecule has 1 unspecified atom stereocenters. The first kappa shape index (κ1) is 9.83. The third-order valence-corrected chi connectivity index (χ3v) is 2.75.